The van der Waals surface area contributed by atoms with Gasteiger partial charge in [-0.05, 0) is 65.7 Å². The van der Waals surface area contributed by atoms with E-state index in [1.807, 2.05) is 0 Å². The Bertz CT molecular complexity index is 435. The summed E-state index contributed by atoms with van der Waals surface area (Å²) in [6.45, 7) is 13.4. The van der Waals surface area contributed by atoms with Gasteiger partial charge in [0.25, 0.3) is 0 Å². The summed E-state index contributed by atoms with van der Waals surface area (Å²) in [4.78, 5) is 0. The first-order valence-electron chi connectivity index (χ1n) is 8.05. The van der Waals surface area contributed by atoms with Gasteiger partial charge >= 0.3 is 0 Å². The van der Waals surface area contributed by atoms with Crippen molar-refractivity contribution in [2.75, 3.05) is 0 Å². The molecule has 0 aromatic rings. The highest BCUT2D eigenvalue weighted by molar-refractivity contribution is 5.21. The van der Waals surface area contributed by atoms with Crippen LogP contribution in [0.1, 0.15) is 73.6 Å². The van der Waals surface area contributed by atoms with Crippen molar-refractivity contribution in [2.24, 2.45) is 5.92 Å². The summed E-state index contributed by atoms with van der Waals surface area (Å²) in [6.07, 6.45) is 13.2. The molecule has 2 aliphatic rings. The lowest BCUT2D eigenvalue weighted by Gasteiger charge is -2.13. The third-order valence-electron chi connectivity index (χ3n) is 4.34. The SMILES string of the molecule is CC1=CCC(=C(C)C)CC1.CC1=CCC(C(C)C)=CC1. The Hall–Kier alpha value is -1.04. The van der Waals surface area contributed by atoms with Crippen molar-refractivity contribution in [3.63, 3.8) is 0 Å². The van der Waals surface area contributed by atoms with Gasteiger partial charge in [-0.25, -0.2) is 0 Å². The lowest BCUT2D eigenvalue weighted by Crippen LogP contribution is -1.96. The third kappa shape index (κ3) is 5.94. The van der Waals surface area contributed by atoms with Crippen LogP contribution in [0.15, 0.2) is 46.1 Å². The summed E-state index contributed by atoms with van der Waals surface area (Å²) in [5.74, 6) is 0.740. The molecule has 0 fully saturated rings. The topological polar surface area (TPSA) is 0 Å². The molecule has 0 spiro atoms. The van der Waals surface area contributed by atoms with Gasteiger partial charge in [-0.3, -0.25) is 0 Å². The van der Waals surface area contributed by atoms with Crippen molar-refractivity contribution in [3.05, 3.63) is 46.1 Å². The van der Waals surface area contributed by atoms with Crippen LogP contribution in [0.2, 0.25) is 0 Å². The summed E-state index contributed by atoms with van der Waals surface area (Å²) in [6, 6.07) is 0. The number of hydrogen-bond donors (Lipinski definition) is 0. The maximum Gasteiger partial charge on any atom is -0.0133 e. The van der Waals surface area contributed by atoms with Crippen LogP contribution in [0.25, 0.3) is 0 Å². The Kier molecular flexibility index (Phi) is 7.05. The predicted molar refractivity (Wildman–Crippen MR) is 91.9 cm³/mol. The lowest BCUT2D eigenvalue weighted by molar-refractivity contribution is 0.733. The first-order chi connectivity index (χ1) is 9.40. The van der Waals surface area contributed by atoms with E-state index in [4.69, 9.17) is 0 Å². The second-order valence-corrected chi connectivity index (χ2v) is 6.75. The Morgan fingerprint density at radius 3 is 1.90 bits per heavy atom. The summed E-state index contributed by atoms with van der Waals surface area (Å²) in [5, 5.41) is 0. The first kappa shape index (κ1) is 17.0. The van der Waals surface area contributed by atoms with Gasteiger partial charge in [-0.15, -0.1) is 0 Å². The van der Waals surface area contributed by atoms with Crippen LogP contribution in [0.4, 0.5) is 0 Å². The van der Waals surface area contributed by atoms with E-state index in [1.54, 1.807) is 16.7 Å². The molecule has 0 N–H and O–H groups in total. The molecule has 0 atom stereocenters. The van der Waals surface area contributed by atoms with Crippen molar-refractivity contribution in [3.8, 4) is 0 Å². The molecule has 0 amide bonds. The highest BCUT2D eigenvalue weighted by atomic mass is 14.1. The van der Waals surface area contributed by atoms with Gasteiger partial charge in [-0.1, -0.05) is 59.9 Å². The molecule has 112 valence electrons. The summed E-state index contributed by atoms with van der Waals surface area (Å²) in [5.41, 5.74) is 7.84. The highest BCUT2D eigenvalue weighted by Gasteiger charge is 2.05. The van der Waals surface area contributed by atoms with Crippen molar-refractivity contribution in [2.45, 2.75) is 73.6 Å². The van der Waals surface area contributed by atoms with E-state index in [-0.39, 0.29) is 0 Å². The van der Waals surface area contributed by atoms with Crippen LogP contribution in [-0.4, -0.2) is 0 Å². The van der Waals surface area contributed by atoms with Crippen LogP contribution in [0.3, 0.4) is 0 Å². The van der Waals surface area contributed by atoms with Gasteiger partial charge in [0.05, 0.1) is 0 Å². The maximum atomic E-state index is 2.38. The van der Waals surface area contributed by atoms with Gasteiger partial charge in [0, 0.05) is 0 Å². The Morgan fingerprint density at radius 2 is 1.50 bits per heavy atom. The molecule has 0 aliphatic heterocycles. The predicted octanol–water partition coefficient (Wildman–Crippen LogP) is 6.76. The maximum absolute atomic E-state index is 2.38. The standard InChI is InChI=1S/2C10H16/c2*1-8(2)10-6-4-9(3)5-7-10/h4H,5-7H2,1-3H3;4,7-8H,5-6H2,1-3H3. The minimum Gasteiger partial charge on any atom is -0.0815 e. The first-order valence-corrected chi connectivity index (χ1v) is 8.05. The zero-order valence-electron chi connectivity index (χ0n) is 14.3. The van der Waals surface area contributed by atoms with Gasteiger partial charge in [0.1, 0.15) is 0 Å². The van der Waals surface area contributed by atoms with Crippen LogP contribution in [0, 0.1) is 5.92 Å². The normalized spacial score (nSPS) is 18.8. The Labute approximate surface area is 126 Å². The molecular formula is C20H32. The number of hydrogen-bond acceptors (Lipinski definition) is 0. The van der Waals surface area contributed by atoms with E-state index in [1.165, 1.54) is 43.3 Å². The minimum atomic E-state index is 0.740. The Morgan fingerprint density at radius 1 is 0.850 bits per heavy atom. The monoisotopic (exact) mass is 272 g/mol. The average Bonchev–Trinajstić information content (AvgIpc) is 2.40. The summed E-state index contributed by atoms with van der Waals surface area (Å²) < 4.78 is 0. The average molecular weight is 272 g/mol. The fraction of sp³-hybridized carbons (Fsp3) is 0.600. The summed E-state index contributed by atoms with van der Waals surface area (Å²) >= 11 is 0. The molecule has 0 radical (unpaired) electrons. The van der Waals surface area contributed by atoms with Crippen LogP contribution >= 0.6 is 0 Å². The Balaban J connectivity index is 0.000000200. The molecule has 0 aromatic heterocycles. The number of allylic oxidation sites excluding steroid dienone is 8. The largest absolute Gasteiger partial charge is 0.0815 e. The molecule has 0 aromatic carbocycles. The molecule has 20 heavy (non-hydrogen) atoms. The summed E-state index contributed by atoms with van der Waals surface area (Å²) in [7, 11) is 0. The van der Waals surface area contributed by atoms with Crippen LogP contribution < -0.4 is 0 Å². The fourth-order valence-electron chi connectivity index (χ4n) is 2.53. The van der Waals surface area contributed by atoms with Crippen molar-refractivity contribution in [1.29, 1.82) is 0 Å². The number of rotatable bonds is 1. The second-order valence-electron chi connectivity index (χ2n) is 6.75. The van der Waals surface area contributed by atoms with Crippen molar-refractivity contribution < 1.29 is 0 Å². The van der Waals surface area contributed by atoms with Crippen LogP contribution in [0.5, 0.6) is 0 Å². The second kappa shape index (κ2) is 8.29. The van der Waals surface area contributed by atoms with E-state index in [9.17, 15) is 0 Å². The van der Waals surface area contributed by atoms with E-state index < -0.39 is 0 Å². The zero-order valence-corrected chi connectivity index (χ0v) is 14.3. The van der Waals surface area contributed by atoms with E-state index in [0.29, 0.717) is 0 Å². The molecule has 0 heteroatoms. The van der Waals surface area contributed by atoms with Crippen molar-refractivity contribution >= 4 is 0 Å². The van der Waals surface area contributed by atoms with Gasteiger partial charge < -0.3 is 0 Å². The molecule has 2 aliphatic carbocycles. The fourth-order valence-corrected chi connectivity index (χ4v) is 2.53. The molecule has 0 saturated heterocycles. The van der Waals surface area contributed by atoms with E-state index in [2.05, 4.69) is 59.8 Å². The molecule has 2 rings (SSSR count). The van der Waals surface area contributed by atoms with Crippen molar-refractivity contribution in [1.82, 2.24) is 0 Å². The molecule has 0 nitrogen and oxygen atoms in total. The lowest BCUT2D eigenvalue weighted by atomic mass is 9.93. The smallest absolute Gasteiger partial charge is 0.0133 e. The molecule has 0 bridgehead atoms. The minimum absolute atomic E-state index is 0.740. The highest BCUT2D eigenvalue weighted by Crippen LogP contribution is 2.24. The molecule has 0 saturated carbocycles. The van der Waals surface area contributed by atoms with Gasteiger partial charge in [0.15, 0.2) is 0 Å². The molecular weight excluding hydrogens is 240 g/mol. The zero-order chi connectivity index (χ0) is 15.1. The molecule has 0 heterocycles. The van der Waals surface area contributed by atoms with Gasteiger partial charge in [-0.2, -0.15) is 0 Å². The quantitative estimate of drug-likeness (QED) is 0.462. The van der Waals surface area contributed by atoms with E-state index >= 15 is 0 Å². The van der Waals surface area contributed by atoms with Gasteiger partial charge in [0.2, 0.25) is 0 Å². The third-order valence-corrected chi connectivity index (χ3v) is 4.34. The van der Waals surface area contributed by atoms with Crippen LogP contribution in [-0.2, 0) is 0 Å². The molecule has 0 unspecified atom stereocenters. The van der Waals surface area contributed by atoms with E-state index in [0.717, 1.165) is 5.92 Å².